The summed E-state index contributed by atoms with van der Waals surface area (Å²) in [6.07, 6.45) is 12.8. The molecule has 10 heteroatoms. The Morgan fingerprint density at radius 1 is 0.865 bits per heavy atom. The van der Waals surface area contributed by atoms with Crippen molar-refractivity contribution in [3.63, 3.8) is 0 Å². The zero-order chi connectivity index (χ0) is 27.4. The van der Waals surface area contributed by atoms with Gasteiger partial charge < -0.3 is 19.3 Å². The lowest BCUT2D eigenvalue weighted by Crippen LogP contribution is -2.39. The largest absolute Gasteiger partial charge is 0.378 e. The van der Waals surface area contributed by atoms with Gasteiger partial charge >= 0.3 is 7.60 Å². The highest BCUT2D eigenvalue weighted by molar-refractivity contribution is 7.89. The number of unbranched alkanes of at least 4 members (excludes halogenated alkanes) is 10. The van der Waals surface area contributed by atoms with Crippen LogP contribution in [0.3, 0.4) is 0 Å². The second kappa shape index (κ2) is 20.2. The van der Waals surface area contributed by atoms with Crippen LogP contribution >= 0.6 is 7.60 Å². The van der Waals surface area contributed by atoms with Gasteiger partial charge in [-0.1, -0.05) is 115 Å². The van der Waals surface area contributed by atoms with Crippen molar-refractivity contribution in [2.45, 2.75) is 116 Å². The van der Waals surface area contributed by atoms with Gasteiger partial charge in [0, 0.05) is 6.04 Å². The Hall–Kier alpha value is -0.800. The SMILES string of the molecule is CCCCCCCCCCS(=O)(=O)N[C@H](CCCCCC)COP(=O)(O)C(O)COCc1ccccc1. The van der Waals surface area contributed by atoms with E-state index < -0.39 is 29.5 Å². The monoisotopic (exact) mass is 563 g/mol. The van der Waals surface area contributed by atoms with Crippen molar-refractivity contribution in [2.75, 3.05) is 19.0 Å². The molecule has 0 amide bonds. The van der Waals surface area contributed by atoms with E-state index in [0.717, 1.165) is 50.5 Å². The number of sulfonamides is 1. The third kappa shape index (κ3) is 17.4. The molecule has 0 fully saturated rings. The first-order valence-corrected chi connectivity index (χ1v) is 17.3. The van der Waals surface area contributed by atoms with E-state index in [-0.39, 0.29) is 25.6 Å². The van der Waals surface area contributed by atoms with Crippen LogP contribution in [0.1, 0.15) is 103 Å². The van der Waals surface area contributed by atoms with Crippen LogP contribution in [0, 0.1) is 0 Å². The van der Waals surface area contributed by atoms with E-state index in [1.807, 2.05) is 30.3 Å². The minimum atomic E-state index is -4.42. The summed E-state index contributed by atoms with van der Waals surface area (Å²) in [6.45, 7) is 3.82. The van der Waals surface area contributed by atoms with E-state index in [9.17, 15) is 23.0 Å². The highest BCUT2D eigenvalue weighted by atomic mass is 32.2. The van der Waals surface area contributed by atoms with Crippen LogP contribution in [-0.4, -0.2) is 49.3 Å². The molecule has 3 N–H and O–H groups in total. The zero-order valence-corrected chi connectivity index (χ0v) is 24.6. The van der Waals surface area contributed by atoms with Crippen LogP contribution in [0.15, 0.2) is 30.3 Å². The molecule has 1 aromatic rings. The molecular weight excluding hydrogens is 513 g/mol. The Morgan fingerprint density at radius 2 is 1.43 bits per heavy atom. The highest BCUT2D eigenvalue weighted by Gasteiger charge is 2.32. The van der Waals surface area contributed by atoms with Gasteiger partial charge in [-0.05, 0) is 18.4 Å². The molecule has 0 aromatic heterocycles. The summed E-state index contributed by atoms with van der Waals surface area (Å²) in [7, 11) is -7.96. The van der Waals surface area contributed by atoms with Crippen molar-refractivity contribution in [3.8, 4) is 0 Å². The van der Waals surface area contributed by atoms with Crippen LogP contribution in [0.4, 0.5) is 0 Å². The van der Waals surface area contributed by atoms with Gasteiger partial charge in [0.1, 0.15) is 0 Å². The highest BCUT2D eigenvalue weighted by Crippen LogP contribution is 2.46. The first-order valence-electron chi connectivity index (χ1n) is 14.0. The second-order valence-electron chi connectivity index (χ2n) is 9.80. The number of aliphatic hydroxyl groups excluding tert-OH is 1. The lowest BCUT2D eigenvalue weighted by molar-refractivity contribution is 0.0471. The number of aliphatic hydroxyl groups is 1. The Balaban J connectivity index is 2.50. The van der Waals surface area contributed by atoms with Crippen molar-refractivity contribution >= 4 is 17.6 Å². The molecule has 0 aliphatic heterocycles. The molecule has 0 aliphatic carbocycles. The predicted molar refractivity (Wildman–Crippen MR) is 150 cm³/mol. The molecule has 0 radical (unpaired) electrons. The standard InChI is InChI=1S/C27H50NO7PS/c1-3-5-7-9-10-11-12-17-21-37(32,33)28-26(20-16-8-6-4-2)23-35-36(30,31)27(29)24-34-22-25-18-14-13-15-19-25/h13-15,18-19,26-29H,3-12,16-17,20-24H2,1-2H3,(H,30,31)/t26-,27?/m1/s1. The molecule has 0 saturated carbocycles. The first kappa shape index (κ1) is 34.2. The van der Waals surface area contributed by atoms with Crippen LogP contribution < -0.4 is 4.72 Å². The normalized spacial score (nSPS) is 15.4. The quantitative estimate of drug-likeness (QED) is 0.102. The molecule has 1 aromatic carbocycles. The maximum absolute atomic E-state index is 12.7. The van der Waals surface area contributed by atoms with E-state index in [1.54, 1.807) is 0 Å². The van der Waals surface area contributed by atoms with Gasteiger partial charge in [-0.15, -0.1) is 0 Å². The first-order chi connectivity index (χ1) is 17.7. The third-order valence-corrected chi connectivity index (χ3v) is 9.17. The van der Waals surface area contributed by atoms with Gasteiger partial charge in [0.2, 0.25) is 10.0 Å². The van der Waals surface area contributed by atoms with E-state index in [2.05, 4.69) is 18.6 Å². The molecule has 2 unspecified atom stereocenters. The van der Waals surface area contributed by atoms with Crippen molar-refractivity contribution in [3.05, 3.63) is 35.9 Å². The van der Waals surface area contributed by atoms with Crippen molar-refractivity contribution in [1.29, 1.82) is 0 Å². The average Bonchev–Trinajstić information content (AvgIpc) is 2.87. The lowest BCUT2D eigenvalue weighted by atomic mass is 10.1. The number of hydrogen-bond acceptors (Lipinski definition) is 6. The predicted octanol–water partition coefficient (Wildman–Crippen LogP) is 6.12. The molecule has 216 valence electrons. The fourth-order valence-electron chi connectivity index (χ4n) is 3.97. The van der Waals surface area contributed by atoms with Gasteiger partial charge in [-0.3, -0.25) is 4.57 Å². The second-order valence-corrected chi connectivity index (χ2v) is 13.7. The number of hydrogen-bond donors (Lipinski definition) is 3. The maximum Gasteiger partial charge on any atom is 0.358 e. The Morgan fingerprint density at radius 3 is 2.05 bits per heavy atom. The fourth-order valence-corrected chi connectivity index (χ4v) is 6.22. The minimum absolute atomic E-state index is 0.0279. The maximum atomic E-state index is 12.7. The number of benzene rings is 1. The summed E-state index contributed by atoms with van der Waals surface area (Å²) in [5, 5.41) is 10.2. The minimum Gasteiger partial charge on any atom is -0.378 e. The van der Waals surface area contributed by atoms with Crippen LogP contribution in [0.25, 0.3) is 0 Å². The van der Waals surface area contributed by atoms with Gasteiger partial charge in [-0.2, -0.15) is 0 Å². The number of rotatable bonds is 24. The molecule has 8 nitrogen and oxygen atoms in total. The van der Waals surface area contributed by atoms with Crippen LogP contribution in [-0.2, 0) is 30.5 Å². The molecule has 1 rings (SSSR count). The van der Waals surface area contributed by atoms with Gasteiger partial charge in [-0.25, -0.2) is 13.1 Å². The van der Waals surface area contributed by atoms with E-state index in [0.29, 0.717) is 12.8 Å². The van der Waals surface area contributed by atoms with Crippen molar-refractivity contribution < 1.29 is 32.2 Å². The Kier molecular flexibility index (Phi) is 18.6. The Labute approximate surface area is 225 Å². The smallest absolute Gasteiger partial charge is 0.358 e. The average molecular weight is 564 g/mol. The summed E-state index contributed by atoms with van der Waals surface area (Å²) >= 11 is 0. The van der Waals surface area contributed by atoms with E-state index in [1.165, 1.54) is 25.7 Å². The molecule has 0 spiro atoms. The fraction of sp³-hybridized carbons (Fsp3) is 0.778. The van der Waals surface area contributed by atoms with Gasteiger partial charge in [0.15, 0.2) is 5.85 Å². The van der Waals surface area contributed by atoms with E-state index in [4.69, 9.17) is 9.26 Å². The van der Waals surface area contributed by atoms with E-state index >= 15 is 0 Å². The van der Waals surface area contributed by atoms with Gasteiger partial charge in [0.25, 0.3) is 0 Å². The lowest BCUT2D eigenvalue weighted by Gasteiger charge is -2.23. The van der Waals surface area contributed by atoms with Crippen molar-refractivity contribution in [1.82, 2.24) is 4.72 Å². The molecule has 0 saturated heterocycles. The third-order valence-electron chi connectivity index (χ3n) is 6.23. The molecule has 0 bridgehead atoms. The Bertz CT molecular complexity index is 838. The summed E-state index contributed by atoms with van der Waals surface area (Å²) in [4.78, 5) is 10.2. The molecule has 3 atom stereocenters. The number of nitrogens with one attached hydrogen (secondary N) is 1. The molecular formula is C27H50NO7PS. The number of ether oxygens (including phenoxy) is 1. The van der Waals surface area contributed by atoms with Crippen molar-refractivity contribution in [2.24, 2.45) is 0 Å². The zero-order valence-electron chi connectivity index (χ0n) is 22.9. The van der Waals surface area contributed by atoms with Gasteiger partial charge in [0.05, 0.1) is 25.6 Å². The van der Waals surface area contributed by atoms with Crippen LogP contribution in [0.2, 0.25) is 0 Å². The summed E-state index contributed by atoms with van der Waals surface area (Å²) in [5.41, 5.74) is 0.876. The summed E-state index contributed by atoms with van der Waals surface area (Å²) in [6, 6.07) is 8.65. The van der Waals surface area contributed by atoms with Crippen LogP contribution in [0.5, 0.6) is 0 Å². The topological polar surface area (TPSA) is 122 Å². The summed E-state index contributed by atoms with van der Waals surface area (Å²) < 4.78 is 51.1. The molecule has 0 aliphatic rings. The molecule has 37 heavy (non-hydrogen) atoms. The summed E-state index contributed by atoms with van der Waals surface area (Å²) in [5.74, 6) is -1.69. The molecule has 0 heterocycles.